The zero-order valence-electron chi connectivity index (χ0n) is 13.8. The molecule has 19 heavy (non-hydrogen) atoms. The minimum Gasteiger partial charge on any atom is -0.385 e. The zero-order chi connectivity index (χ0) is 14.9. The summed E-state index contributed by atoms with van der Waals surface area (Å²) in [5.41, 5.74) is 3.24. The summed E-state index contributed by atoms with van der Waals surface area (Å²) in [6, 6.07) is 0.289. The molecule has 0 amide bonds. The number of likely N-dealkylation sites (N-methyl/N-ethyl adjacent to an activating group) is 1. The summed E-state index contributed by atoms with van der Waals surface area (Å²) < 4.78 is 5.22. The van der Waals surface area contributed by atoms with Crippen LogP contribution in [0.25, 0.3) is 0 Å². The number of methoxy groups -OCH3 is 1. The van der Waals surface area contributed by atoms with Crippen molar-refractivity contribution in [3.8, 4) is 0 Å². The van der Waals surface area contributed by atoms with E-state index in [2.05, 4.69) is 44.9 Å². The zero-order valence-corrected chi connectivity index (χ0v) is 13.8. The lowest BCUT2D eigenvalue weighted by molar-refractivity contribution is 0.0230. The molecule has 3 N–H and O–H groups in total. The summed E-state index contributed by atoms with van der Waals surface area (Å²) in [5, 5.41) is 0. The van der Waals surface area contributed by atoms with E-state index in [1.54, 1.807) is 7.11 Å². The van der Waals surface area contributed by atoms with E-state index in [4.69, 9.17) is 10.6 Å². The molecule has 2 unspecified atom stereocenters. The van der Waals surface area contributed by atoms with Gasteiger partial charge >= 0.3 is 0 Å². The van der Waals surface area contributed by atoms with Gasteiger partial charge in [-0.1, -0.05) is 34.6 Å². The lowest BCUT2D eigenvalue weighted by atomic mass is 9.76. The Balaban J connectivity index is 5.17. The molecule has 0 heterocycles. The van der Waals surface area contributed by atoms with Gasteiger partial charge in [0.25, 0.3) is 0 Å². The number of nitrogens with zero attached hydrogens (tertiary/aromatic N) is 1. The van der Waals surface area contributed by atoms with E-state index in [0.29, 0.717) is 5.92 Å². The topological polar surface area (TPSA) is 50.5 Å². The van der Waals surface area contributed by atoms with Crippen molar-refractivity contribution >= 4 is 0 Å². The van der Waals surface area contributed by atoms with Crippen LogP contribution in [0.3, 0.4) is 0 Å². The molecule has 0 rings (SSSR count). The highest BCUT2D eigenvalue weighted by Gasteiger charge is 2.41. The standard InChI is InChI=1S/C15H35N3O/c1-7-15(8-2,18(9-3)10-4)14(17-16)13(5)11-12-19-6/h13-14,17H,7-12,16H2,1-6H3. The highest BCUT2D eigenvalue weighted by Crippen LogP contribution is 2.32. The number of nitrogens with one attached hydrogen (secondary N) is 1. The molecule has 0 aliphatic heterocycles. The molecule has 0 spiro atoms. The minimum absolute atomic E-state index is 0.130. The van der Waals surface area contributed by atoms with Gasteiger partial charge in [-0.3, -0.25) is 16.2 Å². The number of rotatable bonds is 11. The predicted molar refractivity (Wildman–Crippen MR) is 83.0 cm³/mol. The predicted octanol–water partition coefficient (Wildman–Crippen LogP) is 2.39. The molecule has 0 bridgehead atoms. The normalized spacial score (nSPS) is 15.8. The Morgan fingerprint density at radius 2 is 1.68 bits per heavy atom. The van der Waals surface area contributed by atoms with Crippen LogP contribution in [0.4, 0.5) is 0 Å². The van der Waals surface area contributed by atoms with Gasteiger partial charge in [0.2, 0.25) is 0 Å². The summed E-state index contributed by atoms with van der Waals surface area (Å²) in [4.78, 5) is 2.56. The van der Waals surface area contributed by atoms with Gasteiger partial charge in [-0.15, -0.1) is 0 Å². The third kappa shape index (κ3) is 4.42. The van der Waals surface area contributed by atoms with Crippen molar-refractivity contribution in [3.63, 3.8) is 0 Å². The van der Waals surface area contributed by atoms with Crippen LogP contribution in [0, 0.1) is 5.92 Å². The Bertz CT molecular complexity index is 215. The summed E-state index contributed by atoms with van der Waals surface area (Å²) in [6.07, 6.45) is 3.25. The van der Waals surface area contributed by atoms with Crippen molar-refractivity contribution in [2.24, 2.45) is 11.8 Å². The number of ether oxygens (including phenoxy) is 1. The van der Waals surface area contributed by atoms with Gasteiger partial charge in [0.05, 0.1) is 0 Å². The largest absolute Gasteiger partial charge is 0.385 e. The summed E-state index contributed by atoms with van der Waals surface area (Å²) >= 11 is 0. The van der Waals surface area contributed by atoms with E-state index >= 15 is 0 Å². The molecule has 0 aromatic heterocycles. The van der Waals surface area contributed by atoms with Gasteiger partial charge in [-0.2, -0.15) is 0 Å². The average Bonchev–Trinajstić information content (AvgIpc) is 2.44. The van der Waals surface area contributed by atoms with Gasteiger partial charge < -0.3 is 4.74 Å². The maximum Gasteiger partial charge on any atom is 0.0465 e. The Kier molecular flexibility index (Phi) is 9.62. The quantitative estimate of drug-likeness (QED) is 0.448. The highest BCUT2D eigenvalue weighted by atomic mass is 16.5. The van der Waals surface area contributed by atoms with Crippen LogP contribution in [0.5, 0.6) is 0 Å². The number of hydrogen-bond donors (Lipinski definition) is 2. The molecular formula is C15H35N3O. The SMILES string of the molecule is CCN(CC)C(CC)(CC)C(NN)C(C)CCOC. The lowest BCUT2D eigenvalue weighted by Gasteiger charge is -2.49. The Labute approximate surface area is 120 Å². The lowest BCUT2D eigenvalue weighted by Crippen LogP contribution is -2.64. The molecule has 0 saturated heterocycles. The van der Waals surface area contributed by atoms with Crippen molar-refractivity contribution < 1.29 is 4.74 Å². The molecule has 116 valence electrons. The van der Waals surface area contributed by atoms with Crippen molar-refractivity contribution in [3.05, 3.63) is 0 Å². The fourth-order valence-corrected chi connectivity index (χ4v) is 3.51. The Morgan fingerprint density at radius 1 is 1.16 bits per heavy atom. The van der Waals surface area contributed by atoms with Crippen molar-refractivity contribution in [2.45, 2.75) is 65.5 Å². The second kappa shape index (κ2) is 9.70. The number of hydrazine groups is 1. The van der Waals surface area contributed by atoms with E-state index in [-0.39, 0.29) is 11.6 Å². The molecule has 2 atom stereocenters. The molecule has 4 heteroatoms. The van der Waals surface area contributed by atoms with E-state index in [1.807, 2.05) is 0 Å². The Hall–Kier alpha value is -0.160. The first-order chi connectivity index (χ1) is 9.07. The van der Waals surface area contributed by atoms with E-state index in [1.165, 1.54) is 0 Å². The second-order valence-corrected chi connectivity index (χ2v) is 5.39. The average molecular weight is 273 g/mol. The van der Waals surface area contributed by atoms with Gasteiger partial charge in [0, 0.05) is 25.3 Å². The molecular weight excluding hydrogens is 238 g/mol. The minimum atomic E-state index is 0.130. The van der Waals surface area contributed by atoms with Crippen molar-refractivity contribution in [2.75, 3.05) is 26.8 Å². The molecule has 0 aliphatic carbocycles. The maximum absolute atomic E-state index is 5.91. The van der Waals surface area contributed by atoms with Crippen LogP contribution >= 0.6 is 0 Å². The molecule has 0 aromatic carbocycles. The van der Waals surface area contributed by atoms with Gasteiger partial charge in [0.15, 0.2) is 0 Å². The summed E-state index contributed by atoms with van der Waals surface area (Å²) in [6.45, 7) is 14.2. The van der Waals surface area contributed by atoms with Crippen molar-refractivity contribution in [1.82, 2.24) is 10.3 Å². The van der Waals surface area contributed by atoms with Crippen LogP contribution < -0.4 is 11.3 Å². The van der Waals surface area contributed by atoms with Gasteiger partial charge in [-0.25, -0.2) is 0 Å². The number of hydrogen-bond acceptors (Lipinski definition) is 4. The fraction of sp³-hybridized carbons (Fsp3) is 1.00. The number of nitrogens with two attached hydrogens (primary N) is 1. The summed E-state index contributed by atoms with van der Waals surface area (Å²) in [7, 11) is 1.76. The highest BCUT2D eigenvalue weighted by molar-refractivity contribution is 4.99. The van der Waals surface area contributed by atoms with Crippen LogP contribution in [0.1, 0.15) is 53.9 Å². The van der Waals surface area contributed by atoms with Crippen LogP contribution in [-0.4, -0.2) is 43.3 Å². The third-order valence-corrected chi connectivity index (χ3v) is 4.72. The first kappa shape index (κ1) is 18.8. The summed E-state index contributed by atoms with van der Waals surface area (Å²) in [5.74, 6) is 6.40. The third-order valence-electron chi connectivity index (χ3n) is 4.72. The van der Waals surface area contributed by atoms with E-state index in [0.717, 1.165) is 39.0 Å². The first-order valence-corrected chi connectivity index (χ1v) is 7.77. The second-order valence-electron chi connectivity index (χ2n) is 5.39. The first-order valence-electron chi connectivity index (χ1n) is 7.77. The molecule has 0 fully saturated rings. The monoisotopic (exact) mass is 273 g/mol. The van der Waals surface area contributed by atoms with E-state index in [9.17, 15) is 0 Å². The Morgan fingerprint density at radius 3 is 2.00 bits per heavy atom. The molecule has 0 radical (unpaired) electrons. The van der Waals surface area contributed by atoms with Gasteiger partial charge in [-0.05, 0) is 38.3 Å². The molecule has 0 aromatic rings. The molecule has 0 aliphatic rings. The molecule has 0 saturated carbocycles. The van der Waals surface area contributed by atoms with Crippen LogP contribution in [0.15, 0.2) is 0 Å². The maximum atomic E-state index is 5.91. The fourth-order valence-electron chi connectivity index (χ4n) is 3.51. The van der Waals surface area contributed by atoms with Crippen molar-refractivity contribution in [1.29, 1.82) is 0 Å². The molecule has 4 nitrogen and oxygen atoms in total. The van der Waals surface area contributed by atoms with Gasteiger partial charge in [0.1, 0.15) is 0 Å². The van der Waals surface area contributed by atoms with E-state index < -0.39 is 0 Å². The smallest absolute Gasteiger partial charge is 0.0465 e. The van der Waals surface area contributed by atoms with Crippen LogP contribution in [-0.2, 0) is 4.74 Å². The van der Waals surface area contributed by atoms with Crippen LogP contribution in [0.2, 0.25) is 0 Å².